The summed E-state index contributed by atoms with van der Waals surface area (Å²) in [6.07, 6.45) is 0.0347. The number of methoxy groups -OCH3 is 1. The molecule has 0 saturated heterocycles. The fraction of sp³-hybridized carbons (Fsp3) is 0.889. The lowest BCUT2D eigenvalue weighted by Crippen LogP contribution is -2.41. The summed E-state index contributed by atoms with van der Waals surface area (Å²) in [5.41, 5.74) is -1.33. The van der Waals surface area contributed by atoms with Gasteiger partial charge in [0.1, 0.15) is 0 Å². The van der Waals surface area contributed by atoms with Gasteiger partial charge in [-0.1, -0.05) is 20.8 Å². The van der Waals surface area contributed by atoms with E-state index in [1.165, 1.54) is 7.11 Å². The van der Waals surface area contributed by atoms with Crippen molar-refractivity contribution >= 4 is 5.97 Å². The summed E-state index contributed by atoms with van der Waals surface area (Å²) in [6.45, 7) is 7.30. The Balaban J connectivity index is 4.33. The molecule has 0 bridgehead atoms. The number of rotatable bonds is 2. The van der Waals surface area contributed by atoms with E-state index in [2.05, 4.69) is 4.74 Å². The molecule has 0 aromatic carbocycles. The Hall–Kier alpha value is -0.570. The van der Waals surface area contributed by atoms with Crippen molar-refractivity contribution in [2.75, 3.05) is 7.11 Å². The zero-order valence-electron chi connectivity index (χ0n) is 8.47. The number of hydrogen-bond acceptors (Lipinski definition) is 3. The van der Waals surface area contributed by atoms with Gasteiger partial charge in [-0.15, -0.1) is 0 Å². The van der Waals surface area contributed by atoms with Gasteiger partial charge in [0.2, 0.25) is 0 Å². The molecule has 3 heteroatoms. The number of carbonyl (C=O) groups excluding carboxylic acids is 1. The second kappa shape index (κ2) is 3.44. The summed E-state index contributed by atoms with van der Waals surface area (Å²) in [7, 11) is 1.32. The van der Waals surface area contributed by atoms with Crippen LogP contribution in [0, 0.1) is 5.41 Å². The van der Waals surface area contributed by atoms with E-state index in [4.69, 9.17) is 0 Å². The zero-order chi connectivity index (χ0) is 9.99. The minimum absolute atomic E-state index is 0.0347. The quantitative estimate of drug-likeness (QED) is 0.643. The molecule has 12 heavy (non-hydrogen) atoms. The molecule has 0 saturated carbocycles. The van der Waals surface area contributed by atoms with Crippen molar-refractivity contribution < 1.29 is 14.6 Å². The van der Waals surface area contributed by atoms with Crippen LogP contribution in [0.2, 0.25) is 0 Å². The molecular weight excluding hydrogens is 156 g/mol. The van der Waals surface area contributed by atoms with E-state index >= 15 is 0 Å². The Morgan fingerprint density at radius 1 is 1.33 bits per heavy atom. The van der Waals surface area contributed by atoms with Gasteiger partial charge in [0.15, 0.2) is 0 Å². The normalized spacial score (nSPS) is 16.8. The molecular formula is C9H18O3. The van der Waals surface area contributed by atoms with E-state index in [0.717, 1.165) is 0 Å². The molecule has 0 aliphatic rings. The topological polar surface area (TPSA) is 46.5 Å². The number of esters is 1. The second-order valence-corrected chi connectivity index (χ2v) is 4.28. The van der Waals surface area contributed by atoms with Crippen molar-refractivity contribution in [1.29, 1.82) is 0 Å². The third-order valence-electron chi connectivity index (χ3n) is 2.33. The number of aliphatic hydroxyl groups is 1. The number of ether oxygens (including phenoxy) is 1. The zero-order valence-corrected chi connectivity index (χ0v) is 8.47. The molecule has 0 aromatic rings. The molecule has 1 N–H and O–H groups in total. The summed E-state index contributed by atoms with van der Waals surface area (Å²) in [6, 6.07) is 0. The van der Waals surface area contributed by atoms with E-state index < -0.39 is 5.60 Å². The lowest BCUT2D eigenvalue weighted by atomic mass is 9.76. The minimum Gasteiger partial charge on any atom is -0.469 e. The van der Waals surface area contributed by atoms with Gasteiger partial charge >= 0.3 is 5.97 Å². The second-order valence-electron chi connectivity index (χ2n) is 4.28. The fourth-order valence-corrected chi connectivity index (χ4v) is 0.618. The molecule has 0 aliphatic carbocycles. The van der Waals surface area contributed by atoms with Gasteiger partial charge in [-0.05, 0) is 12.3 Å². The van der Waals surface area contributed by atoms with Crippen molar-refractivity contribution in [2.24, 2.45) is 5.41 Å². The SMILES string of the molecule is COC(=O)CC(C)(O)C(C)(C)C. The maximum atomic E-state index is 10.9. The van der Waals surface area contributed by atoms with Crippen LogP contribution in [0.4, 0.5) is 0 Å². The predicted molar refractivity (Wildman–Crippen MR) is 46.7 cm³/mol. The van der Waals surface area contributed by atoms with Crippen LogP contribution in [-0.2, 0) is 9.53 Å². The van der Waals surface area contributed by atoms with Crippen LogP contribution >= 0.6 is 0 Å². The highest BCUT2D eigenvalue weighted by atomic mass is 16.5. The van der Waals surface area contributed by atoms with Gasteiger partial charge < -0.3 is 9.84 Å². The summed E-state index contributed by atoms with van der Waals surface area (Å²) >= 11 is 0. The summed E-state index contributed by atoms with van der Waals surface area (Å²) in [4.78, 5) is 10.9. The highest BCUT2D eigenvalue weighted by molar-refractivity contribution is 5.70. The van der Waals surface area contributed by atoms with Crippen LogP contribution in [0.3, 0.4) is 0 Å². The lowest BCUT2D eigenvalue weighted by Gasteiger charge is -2.36. The molecule has 72 valence electrons. The van der Waals surface area contributed by atoms with E-state index in [9.17, 15) is 9.90 Å². The third kappa shape index (κ3) is 2.81. The maximum absolute atomic E-state index is 10.9. The van der Waals surface area contributed by atoms with Crippen LogP contribution in [0.5, 0.6) is 0 Å². The summed E-state index contributed by atoms with van der Waals surface area (Å²) in [5, 5.41) is 9.85. The Bertz CT molecular complexity index is 165. The Kier molecular flexibility index (Phi) is 3.27. The van der Waals surface area contributed by atoms with Gasteiger partial charge in [0, 0.05) is 0 Å². The first-order valence-electron chi connectivity index (χ1n) is 4.00. The Morgan fingerprint density at radius 3 is 2.00 bits per heavy atom. The number of hydrogen-bond donors (Lipinski definition) is 1. The molecule has 0 aliphatic heterocycles. The lowest BCUT2D eigenvalue weighted by molar-refractivity contribution is -0.150. The van der Waals surface area contributed by atoms with E-state index in [-0.39, 0.29) is 17.8 Å². The standard InChI is InChI=1S/C9H18O3/c1-8(2,3)9(4,11)6-7(10)12-5/h11H,6H2,1-5H3. The van der Waals surface area contributed by atoms with Gasteiger partial charge in [-0.3, -0.25) is 4.79 Å². The van der Waals surface area contributed by atoms with E-state index in [1.807, 2.05) is 20.8 Å². The smallest absolute Gasteiger partial charge is 0.308 e. The largest absolute Gasteiger partial charge is 0.469 e. The van der Waals surface area contributed by atoms with Crippen molar-refractivity contribution in [2.45, 2.75) is 39.7 Å². The molecule has 1 atom stereocenters. The maximum Gasteiger partial charge on any atom is 0.308 e. The molecule has 3 nitrogen and oxygen atoms in total. The molecule has 0 fully saturated rings. The highest BCUT2D eigenvalue weighted by Gasteiger charge is 2.37. The molecule has 0 amide bonds. The average molecular weight is 174 g/mol. The minimum atomic E-state index is -1.01. The van der Waals surface area contributed by atoms with E-state index in [1.54, 1.807) is 6.92 Å². The van der Waals surface area contributed by atoms with Crippen molar-refractivity contribution in [3.05, 3.63) is 0 Å². The molecule has 0 radical (unpaired) electrons. The van der Waals surface area contributed by atoms with Crippen molar-refractivity contribution in [3.8, 4) is 0 Å². The first-order valence-corrected chi connectivity index (χ1v) is 4.00. The first kappa shape index (κ1) is 11.4. The van der Waals surface area contributed by atoms with Crippen LogP contribution in [0.15, 0.2) is 0 Å². The predicted octanol–water partition coefficient (Wildman–Crippen LogP) is 1.35. The average Bonchev–Trinajstić information content (AvgIpc) is 1.84. The van der Waals surface area contributed by atoms with Crippen molar-refractivity contribution in [3.63, 3.8) is 0 Å². The summed E-state index contributed by atoms with van der Waals surface area (Å²) in [5.74, 6) is -0.380. The van der Waals surface area contributed by atoms with Gasteiger partial charge in [-0.2, -0.15) is 0 Å². The van der Waals surface area contributed by atoms with Crippen molar-refractivity contribution in [1.82, 2.24) is 0 Å². The van der Waals surface area contributed by atoms with Crippen LogP contribution in [0.1, 0.15) is 34.1 Å². The van der Waals surface area contributed by atoms with Crippen LogP contribution in [-0.4, -0.2) is 23.8 Å². The Labute approximate surface area is 73.7 Å². The van der Waals surface area contributed by atoms with Gasteiger partial charge in [0.05, 0.1) is 19.1 Å². The summed E-state index contributed by atoms with van der Waals surface area (Å²) < 4.78 is 4.48. The highest BCUT2D eigenvalue weighted by Crippen LogP contribution is 2.32. The molecule has 0 aromatic heterocycles. The van der Waals surface area contributed by atoms with Gasteiger partial charge in [-0.25, -0.2) is 0 Å². The molecule has 1 unspecified atom stereocenters. The van der Waals surface area contributed by atoms with Crippen LogP contribution < -0.4 is 0 Å². The molecule has 0 heterocycles. The van der Waals surface area contributed by atoms with Crippen LogP contribution in [0.25, 0.3) is 0 Å². The van der Waals surface area contributed by atoms with Gasteiger partial charge in [0.25, 0.3) is 0 Å². The third-order valence-corrected chi connectivity index (χ3v) is 2.33. The fourth-order valence-electron chi connectivity index (χ4n) is 0.618. The monoisotopic (exact) mass is 174 g/mol. The van der Waals surface area contributed by atoms with E-state index in [0.29, 0.717) is 0 Å². The molecule has 0 spiro atoms. The molecule has 0 rings (SSSR count). The Morgan fingerprint density at radius 2 is 1.75 bits per heavy atom. The first-order chi connectivity index (χ1) is 5.20. The number of carbonyl (C=O) groups is 1.